The number of ether oxygens (including phenoxy) is 1. The summed E-state index contributed by atoms with van der Waals surface area (Å²) in [6, 6.07) is 5.94. The van der Waals surface area contributed by atoms with Crippen molar-refractivity contribution in [2.75, 3.05) is 49.7 Å². The fourth-order valence-electron chi connectivity index (χ4n) is 3.32. The normalized spacial score (nSPS) is 21.4. The third-order valence-electron chi connectivity index (χ3n) is 4.96. The van der Waals surface area contributed by atoms with Crippen LogP contribution in [0.3, 0.4) is 0 Å². The van der Waals surface area contributed by atoms with Crippen molar-refractivity contribution in [3.8, 4) is 0 Å². The molecule has 0 aliphatic carbocycles. The summed E-state index contributed by atoms with van der Waals surface area (Å²) in [6.45, 7) is 1.72. The minimum atomic E-state index is -3.55. The maximum Gasteiger partial charge on any atom is 0.243 e. The molecule has 0 aromatic heterocycles. The molecule has 2 heterocycles. The Balaban J connectivity index is 1.42. The topological polar surface area (TPSA) is 134 Å². The predicted octanol–water partition coefficient (Wildman–Crippen LogP) is -0.313. The predicted molar refractivity (Wildman–Crippen MR) is 120 cm³/mol. The Labute approximate surface area is 187 Å². The first-order valence-electron chi connectivity index (χ1n) is 9.88. The van der Waals surface area contributed by atoms with Crippen LogP contribution in [0.25, 0.3) is 0 Å². The van der Waals surface area contributed by atoms with Gasteiger partial charge in [-0.05, 0) is 42.9 Å². The molecular weight excluding hydrogens is 464 g/mol. The number of carbonyl (C=O) groups is 1. The zero-order chi connectivity index (χ0) is 22.5. The molecule has 1 aromatic rings. The minimum absolute atomic E-state index is 0.0105. The van der Waals surface area contributed by atoms with Crippen LogP contribution in [-0.4, -0.2) is 82.6 Å². The van der Waals surface area contributed by atoms with E-state index in [1.165, 1.54) is 16.4 Å². The molecule has 10 nitrogen and oxygen atoms in total. The molecule has 0 spiro atoms. The van der Waals surface area contributed by atoms with Gasteiger partial charge in [0.05, 0.1) is 29.6 Å². The maximum atomic E-state index is 12.6. The monoisotopic (exact) mass is 490 g/mol. The van der Waals surface area contributed by atoms with Gasteiger partial charge in [-0.15, -0.1) is 0 Å². The minimum Gasteiger partial charge on any atom is -0.379 e. The highest BCUT2D eigenvalue weighted by Gasteiger charge is 2.29. The molecule has 1 unspecified atom stereocenters. The van der Waals surface area contributed by atoms with Crippen molar-refractivity contribution in [3.05, 3.63) is 24.3 Å². The van der Waals surface area contributed by atoms with Crippen LogP contribution in [-0.2, 0) is 29.4 Å². The largest absolute Gasteiger partial charge is 0.379 e. The molecule has 172 valence electrons. The third kappa shape index (κ3) is 6.84. The Morgan fingerprint density at radius 3 is 2.48 bits per heavy atom. The molecule has 1 aromatic carbocycles. The van der Waals surface area contributed by atoms with Crippen LogP contribution in [0, 0.1) is 0 Å². The van der Waals surface area contributed by atoms with E-state index in [0.717, 1.165) is 0 Å². The second-order valence-corrected chi connectivity index (χ2v) is 11.9. The molecule has 2 saturated heterocycles. The van der Waals surface area contributed by atoms with Crippen molar-refractivity contribution in [2.24, 2.45) is 0 Å². The summed E-state index contributed by atoms with van der Waals surface area (Å²) in [5, 5.41) is 8.85. The van der Waals surface area contributed by atoms with Gasteiger partial charge >= 0.3 is 0 Å². The van der Waals surface area contributed by atoms with E-state index in [1.54, 1.807) is 12.1 Å². The Kier molecular flexibility index (Phi) is 7.86. The molecule has 31 heavy (non-hydrogen) atoms. The first-order chi connectivity index (χ1) is 14.7. The summed E-state index contributed by atoms with van der Waals surface area (Å²) < 4.78 is 54.7. The molecule has 2 fully saturated rings. The van der Waals surface area contributed by atoms with Gasteiger partial charge in [-0.1, -0.05) is 0 Å². The number of amides is 1. The smallest absolute Gasteiger partial charge is 0.243 e. The van der Waals surface area contributed by atoms with E-state index < -0.39 is 19.9 Å². The summed E-state index contributed by atoms with van der Waals surface area (Å²) in [4.78, 5) is 12.1. The summed E-state index contributed by atoms with van der Waals surface area (Å²) in [7, 11) is -6.59. The molecule has 2 aliphatic heterocycles. The van der Waals surface area contributed by atoms with Crippen molar-refractivity contribution < 1.29 is 26.4 Å². The number of thiocarbonyl (C=S) groups is 1. The number of rotatable bonds is 7. The van der Waals surface area contributed by atoms with E-state index in [-0.39, 0.29) is 41.3 Å². The number of anilines is 1. The number of morpholine rings is 1. The molecule has 2 aliphatic rings. The number of benzene rings is 1. The van der Waals surface area contributed by atoms with E-state index in [4.69, 9.17) is 17.0 Å². The van der Waals surface area contributed by atoms with Gasteiger partial charge in [0.2, 0.25) is 15.9 Å². The second-order valence-electron chi connectivity index (χ2n) is 7.34. The zero-order valence-corrected chi connectivity index (χ0v) is 19.3. The van der Waals surface area contributed by atoms with Crippen molar-refractivity contribution in [2.45, 2.75) is 23.8 Å². The van der Waals surface area contributed by atoms with Crippen LogP contribution in [0.1, 0.15) is 12.8 Å². The lowest BCUT2D eigenvalue weighted by atomic mass is 10.2. The lowest BCUT2D eigenvalue weighted by Gasteiger charge is -2.26. The number of carbonyl (C=O) groups excluding carboxylic acids is 1. The van der Waals surface area contributed by atoms with Crippen LogP contribution in [0.2, 0.25) is 0 Å². The fraction of sp³-hybridized carbons (Fsp3) is 0.556. The van der Waals surface area contributed by atoms with Crippen LogP contribution in [0.4, 0.5) is 5.69 Å². The van der Waals surface area contributed by atoms with E-state index in [2.05, 4.69) is 16.0 Å². The summed E-state index contributed by atoms with van der Waals surface area (Å²) in [5.74, 6) is -0.143. The SMILES string of the molecule is O=C(CCNC(=S)Nc1ccc(S(=O)(=O)N2CCOCC2)cc1)NC1CCS(=O)(=O)C1. The lowest BCUT2D eigenvalue weighted by Crippen LogP contribution is -2.40. The summed E-state index contributed by atoms with van der Waals surface area (Å²) in [5.41, 5.74) is 0.610. The molecule has 3 N–H and O–H groups in total. The number of hydrogen-bond acceptors (Lipinski definition) is 7. The summed E-state index contributed by atoms with van der Waals surface area (Å²) in [6.07, 6.45) is 0.591. The molecular formula is C18H26N4O6S3. The highest BCUT2D eigenvalue weighted by atomic mass is 32.2. The van der Waals surface area contributed by atoms with E-state index in [1.807, 2.05) is 0 Å². The highest BCUT2D eigenvalue weighted by molar-refractivity contribution is 7.91. The molecule has 0 radical (unpaired) electrons. The van der Waals surface area contributed by atoms with E-state index >= 15 is 0 Å². The molecule has 0 bridgehead atoms. The first kappa shape index (κ1) is 23.9. The van der Waals surface area contributed by atoms with Crippen LogP contribution in [0.15, 0.2) is 29.2 Å². The van der Waals surface area contributed by atoms with Crippen LogP contribution in [0.5, 0.6) is 0 Å². The average molecular weight is 491 g/mol. The highest BCUT2D eigenvalue weighted by Crippen LogP contribution is 2.19. The lowest BCUT2D eigenvalue weighted by molar-refractivity contribution is -0.121. The quantitative estimate of drug-likeness (QED) is 0.440. The Morgan fingerprint density at radius 2 is 1.87 bits per heavy atom. The summed E-state index contributed by atoms with van der Waals surface area (Å²) >= 11 is 5.20. The number of sulfone groups is 1. The Hall–Kier alpha value is -1.80. The number of sulfonamides is 1. The molecule has 0 saturated carbocycles. The third-order valence-corrected chi connectivity index (χ3v) is 8.88. The molecule has 1 atom stereocenters. The Morgan fingerprint density at radius 1 is 1.19 bits per heavy atom. The first-order valence-corrected chi connectivity index (χ1v) is 13.6. The Bertz CT molecular complexity index is 1010. The number of hydrogen-bond donors (Lipinski definition) is 3. The zero-order valence-electron chi connectivity index (χ0n) is 16.9. The van der Waals surface area contributed by atoms with Gasteiger partial charge in [0.25, 0.3) is 0 Å². The van der Waals surface area contributed by atoms with Gasteiger partial charge in [0, 0.05) is 37.8 Å². The average Bonchev–Trinajstić information content (AvgIpc) is 3.07. The van der Waals surface area contributed by atoms with Gasteiger partial charge in [-0.25, -0.2) is 16.8 Å². The maximum absolute atomic E-state index is 12.6. The van der Waals surface area contributed by atoms with Gasteiger partial charge in [0.15, 0.2) is 14.9 Å². The van der Waals surface area contributed by atoms with Gasteiger partial charge in [0.1, 0.15) is 0 Å². The number of nitrogens with zero attached hydrogens (tertiary/aromatic N) is 1. The van der Waals surface area contributed by atoms with Crippen LogP contribution < -0.4 is 16.0 Å². The standard InChI is InChI=1S/C18H26N4O6S3/c23-17(20-15-6-12-30(24,25)13-15)5-7-19-18(29)21-14-1-3-16(4-2-14)31(26,27)22-8-10-28-11-9-22/h1-4,15H,5-13H2,(H,20,23)(H2,19,21,29). The van der Waals surface area contributed by atoms with Crippen LogP contribution >= 0.6 is 12.2 Å². The van der Waals surface area contributed by atoms with E-state index in [0.29, 0.717) is 43.5 Å². The van der Waals surface area contributed by atoms with Crippen molar-refractivity contribution >= 4 is 48.8 Å². The molecule has 13 heteroatoms. The molecule has 3 rings (SSSR count). The van der Waals surface area contributed by atoms with Crippen molar-refractivity contribution in [3.63, 3.8) is 0 Å². The second kappa shape index (κ2) is 10.2. The van der Waals surface area contributed by atoms with Gasteiger partial charge < -0.3 is 20.7 Å². The van der Waals surface area contributed by atoms with E-state index in [9.17, 15) is 21.6 Å². The van der Waals surface area contributed by atoms with Crippen molar-refractivity contribution in [1.82, 2.24) is 14.9 Å². The molecule has 1 amide bonds. The van der Waals surface area contributed by atoms with Gasteiger partial charge in [-0.2, -0.15) is 4.31 Å². The fourth-order valence-corrected chi connectivity index (χ4v) is 6.62. The van der Waals surface area contributed by atoms with Gasteiger partial charge in [-0.3, -0.25) is 4.79 Å². The van der Waals surface area contributed by atoms with Crippen molar-refractivity contribution in [1.29, 1.82) is 0 Å². The number of nitrogens with one attached hydrogen (secondary N) is 3.